The Morgan fingerprint density at radius 1 is 1.36 bits per heavy atom. The average Bonchev–Trinajstić information content (AvgIpc) is 2.41. The van der Waals surface area contributed by atoms with E-state index in [0.29, 0.717) is 13.0 Å². The molecule has 1 amide bonds. The molecule has 0 aromatic heterocycles. The molecule has 4 N–H and O–H groups in total. The van der Waals surface area contributed by atoms with Gasteiger partial charge in [-0.15, -0.1) is 0 Å². The first-order valence-corrected chi connectivity index (χ1v) is 4.77. The van der Waals surface area contributed by atoms with E-state index in [2.05, 4.69) is 5.32 Å². The van der Waals surface area contributed by atoms with Crippen LogP contribution < -0.4 is 5.32 Å². The maximum atomic E-state index is 10.6. The second kappa shape index (κ2) is 4.72. The van der Waals surface area contributed by atoms with Crippen molar-refractivity contribution in [1.82, 2.24) is 5.32 Å². The Morgan fingerprint density at radius 3 is 2.36 bits per heavy atom. The van der Waals surface area contributed by atoms with Crippen LogP contribution in [0.2, 0.25) is 0 Å². The third-order valence-electron chi connectivity index (χ3n) is 2.77. The second-order valence-electron chi connectivity index (χ2n) is 3.86. The molecule has 5 heteroatoms. The summed E-state index contributed by atoms with van der Waals surface area (Å²) < 4.78 is 0. The lowest BCUT2D eigenvalue weighted by Crippen LogP contribution is -2.35. The number of carbonyl (C=O) groups is 1. The molecule has 14 heavy (non-hydrogen) atoms. The first kappa shape index (κ1) is 11.4. The lowest BCUT2D eigenvalue weighted by Gasteiger charge is -2.16. The Balaban J connectivity index is 2.44. The molecule has 5 nitrogen and oxygen atoms in total. The first-order valence-electron chi connectivity index (χ1n) is 4.77. The lowest BCUT2D eigenvalue weighted by molar-refractivity contribution is -0.119. The van der Waals surface area contributed by atoms with Crippen molar-refractivity contribution >= 4 is 5.91 Å². The minimum absolute atomic E-state index is 0.130. The van der Waals surface area contributed by atoms with Crippen LogP contribution in [0.15, 0.2) is 0 Å². The molecule has 0 spiro atoms. The molecule has 0 bridgehead atoms. The van der Waals surface area contributed by atoms with E-state index in [1.165, 1.54) is 6.92 Å². The predicted octanol–water partition coefficient (Wildman–Crippen LogP) is -1.53. The number of hydrogen-bond acceptors (Lipinski definition) is 4. The van der Waals surface area contributed by atoms with Gasteiger partial charge in [-0.25, -0.2) is 0 Å². The zero-order valence-corrected chi connectivity index (χ0v) is 8.18. The van der Waals surface area contributed by atoms with Crippen molar-refractivity contribution < 1.29 is 20.1 Å². The predicted molar refractivity (Wildman–Crippen MR) is 49.4 cm³/mol. The van der Waals surface area contributed by atoms with Gasteiger partial charge in [0, 0.05) is 31.9 Å². The fourth-order valence-corrected chi connectivity index (χ4v) is 1.89. The van der Waals surface area contributed by atoms with Gasteiger partial charge >= 0.3 is 0 Å². The highest BCUT2D eigenvalue weighted by Crippen LogP contribution is 2.30. The van der Waals surface area contributed by atoms with Crippen LogP contribution in [-0.4, -0.2) is 46.6 Å². The van der Waals surface area contributed by atoms with Gasteiger partial charge in [-0.1, -0.05) is 0 Å². The minimum Gasteiger partial charge on any atom is -0.396 e. The summed E-state index contributed by atoms with van der Waals surface area (Å²) in [4.78, 5) is 10.6. The van der Waals surface area contributed by atoms with Gasteiger partial charge in [0.05, 0.1) is 12.2 Å². The van der Waals surface area contributed by atoms with Crippen molar-refractivity contribution in [1.29, 1.82) is 0 Å². The Bertz CT molecular complexity index is 209. The molecule has 1 fully saturated rings. The molecule has 0 radical (unpaired) electrons. The quantitative estimate of drug-likeness (QED) is 0.448. The van der Waals surface area contributed by atoms with Crippen LogP contribution in [0.5, 0.6) is 0 Å². The summed E-state index contributed by atoms with van der Waals surface area (Å²) >= 11 is 0. The molecule has 4 atom stereocenters. The molecule has 0 heterocycles. The maximum Gasteiger partial charge on any atom is 0.216 e. The van der Waals surface area contributed by atoms with Crippen molar-refractivity contribution in [3.8, 4) is 0 Å². The van der Waals surface area contributed by atoms with E-state index in [1.807, 2.05) is 0 Å². The number of nitrogens with one attached hydrogen (secondary N) is 1. The number of carbonyl (C=O) groups excluding carboxylic acids is 1. The zero-order chi connectivity index (χ0) is 10.7. The molecule has 1 aliphatic carbocycles. The Morgan fingerprint density at radius 2 is 1.93 bits per heavy atom. The van der Waals surface area contributed by atoms with Crippen LogP contribution >= 0.6 is 0 Å². The van der Waals surface area contributed by atoms with Crippen molar-refractivity contribution in [2.75, 3.05) is 13.2 Å². The van der Waals surface area contributed by atoms with Gasteiger partial charge in [0.15, 0.2) is 0 Å². The number of hydrogen-bond donors (Lipinski definition) is 4. The molecule has 0 saturated heterocycles. The summed E-state index contributed by atoms with van der Waals surface area (Å²) in [6, 6.07) is 0. The molecule has 0 aromatic carbocycles. The minimum atomic E-state index is -0.876. The maximum absolute atomic E-state index is 10.6. The monoisotopic (exact) mass is 203 g/mol. The molecule has 1 saturated carbocycles. The van der Waals surface area contributed by atoms with E-state index < -0.39 is 12.2 Å². The molecule has 82 valence electrons. The number of rotatable bonds is 3. The van der Waals surface area contributed by atoms with E-state index in [4.69, 9.17) is 5.11 Å². The van der Waals surface area contributed by atoms with Gasteiger partial charge < -0.3 is 20.6 Å². The lowest BCUT2D eigenvalue weighted by atomic mass is 10.0. The van der Waals surface area contributed by atoms with Crippen LogP contribution in [0.3, 0.4) is 0 Å². The van der Waals surface area contributed by atoms with Gasteiger partial charge in [-0.3, -0.25) is 4.79 Å². The van der Waals surface area contributed by atoms with Crippen LogP contribution in [-0.2, 0) is 4.79 Å². The molecular weight excluding hydrogens is 186 g/mol. The SMILES string of the molecule is CC(=O)NC[C@H]1C[C@H](CO)[C@@H](O)[C@H]1O. The molecular formula is C9H17NO4. The average molecular weight is 203 g/mol. The van der Waals surface area contributed by atoms with Crippen molar-refractivity contribution in [3.05, 3.63) is 0 Å². The van der Waals surface area contributed by atoms with Gasteiger partial charge in [-0.2, -0.15) is 0 Å². The van der Waals surface area contributed by atoms with E-state index in [0.717, 1.165) is 0 Å². The molecule has 1 aliphatic rings. The van der Waals surface area contributed by atoms with Gasteiger partial charge in [0.25, 0.3) is 0 Å². The van der Waals surface area contributed by atoms with Gasteiger partial charge in [-0.05, 0) is 6.42 Å². The van der Waals surface area contributed by atoms with E-state index in [9.17, 15) is 15.0 Å². The van der Waals surface area contributed by atoms with Crippen molar-refractivity contribution in [2.45, 2.75) is 25.6 Å². The summed E-state index contributed by atoms with van der Waals surface area (Å²) in [5.74, 6) is -0.589. The van der Waals surface area contributed by atoms with Gasteiger partial charge in [0.2, 0.25) is 5.91 Å². The smallest absolute Gasteiger partial charge is 0.216 e. The molecule has 0 unspecified atom stereocenters. The number of aliphatic hydroxyl groups is 3. The second-order valence-corrected chi connectivity index (χ2v) is 3.86. The molecule has 1 rings (SSSR count). The summed E-state index contributed by atoms with van der Waals surface area (Å²) in [7, 11) is 0. The Hall–Kier alpha value is -0.650. The number of aliphatic hydroxyl groups excluding tert-OH is 3. The fourth-order valence-electron chi connectivity index (χ4n) is 1.89. The highest BCUT2D eigenvalue weighted by atomic mass is 16.3. The molecule has 0 aromatic rings. The van der Waals surface area contributed by atoms with Crippen LogP contribution in [0.4, 0.5) is 0 Å². The highest BCUT2D eigenvalue weighted by Gasteiger charge is 2.40. The fraction of sp³-hybridized carbons (Fsp3) is 0.889. The summed E-state index contributed by atoms with van der Waals surface area (Å²) in [5, 5.41) is 30.5. The summed E-state index contributed by atoms with van der Waals surface area (Å²) in [6.45, 7) is 1.63. The topological polar surface area (TPSA) is 89.8 Å². The Kier molecular flexibility index (Phi) is 3.86. The molecule has 0 aliphatic heterocycles. The van der Waals surface area contributed by atoms with E-state index in [1.54, 1.807) is 0 Å². The van der Waals surface area contributed by atoms with Gasteiger partial charge in [0.1, 0.15) is 0 Å². The van der Waals surface area contributed by atoms with Crippen molar-refractivity contribution in [2.24, 2.45) is 11.8 Å². The summed E-state index contributed by atoms with van der Waals surface area (Å²) in [6.07, 6.45) is -1.18. The van der Waals surface area contributed by atoms with Crippen LogP contribution in [0.25, 0.3) is 0 Å². The largest absolute Gasteiger partial charge is 0.396 e. The van der Waals surface area contributed by atoms with E-state index in [-0.39, 0.29) is 24.3 Å². The normalized spacial score (nSPS) is 37.1. The summed E-state index contributed by atoms with van der Waals surface area (Å²) in [5.41, 5.74) is 0. The van der Waals surface area contributed by atoms with Crippen LogP contribution in [0.1, 0.15) is 13.3 Å². The Labute approximate surface area is 82.7 Å². The zero-order valence-electron chi connectivity index (χ0n) is 8.18. The highest BCUT2D eigenvalue weighted by molar-refractivity contribution is 5.72. The van der Waals surface area contributed by atoms with Crippen molar-refractivity contribution in [3.63, 3.8) is 0 Å². The standard InChI is InChI=1S/C9H17NO4/c1-5(12)10-3-6-2-7(4-11)9(14)8(6)13/h6-9,11,13-14H,2-4H2,1H3,(H,10,12)/t6-,7-,8+,9-/m1/s1. The number of amides is 1. The third kappa shape index (κ3) is 2.43. The van der Waals surface area contributed by atoms with Crippen LogP contribution in [0, 0.1) is 11.8 Å². The van der Waals surface area contributed by atoms with E-state index >= 15 is 0 Å². The third-order valence-corrected chi connectivity index (χ3v) is 2.77. The first-order chi connectivity index (χ1) is 6.56.